The first kappa shape index (κ1) is 9.97. The predicted molar refractivity (Wildman–Crippen MR) is 53.9 cm³/mol. The molecule has 1 saturated heterocycles. The summed E-state index contributed by atoms with van der Waals surface area (Å²) in [6, 6.07) is 0. The normalized spacial score (nSPS) is 37.5. The van der Waals surface area contributed by atoms with Gasteiger partial charge in [-0.05, 0) is 38.0 Å². The first-order chi connectivity index (χ1) is 6.74. The molecular formula is C11H19NO2. The molecule has 1 saturated carbocycles. The second kappa shape index (κ2) is 3.89. The summed E-state index contributed by atoms with van der Waals surface area (Å²) >= 11 is 0. The minimum atomic E-state index is 0.168. The Labute approximate surface area is 85.2 Å². The molecule has 1 aliphatic carbocycles. The molecule has 3 nitrogen and oxygen atoms in total. The fourth-order valence-electron chi connectivity index (χ4n) is 2.78. The number of hydrogen-bond donors (Lipinski definition) is 1. The monoisotopic (exact) mass is 197 g/mol. The lowest BCUT2D eigenvalue weighted by molar-refractivity contribution is -0.120. The van der Waals surface area contributed by atoms with E-state index in [0.717, 1.165) is 32.3 Å². The zero-order chi connectivity index (χ0) is 10.0. The minimum Gasteiger partial charge on any atom is -0.384 e. The molecule has 0 aromatic rings. The van der Waals surface area contributed by atoms with Gasteiger partial charge in [0.15, 0.2) is 0 Å². The Hall–Kier alpha value is -0.570. The fourth-order valence-corrected chi connectivity index (χ4v) is 2.78. The number of ether oxygens (including phenoxy) is 1. The van der Waals surface area contributed by atoms with E-state index in [-0.39, 0.29) is 11.4 Å². The number of hydrogen-bond acceptors (Lipinski definition) is 2. The average Bonchev–Trinajstić information content (AvgIpc) is 2.53. The Bertz CT molecular complexity index is 219. The van der Waals surface area contributed by atoms with Gasteiger partial charge in [-0.15, -0.1) is 0 Å². The molecule has 1 spiro atoms. The topological polar surface area (TPSA) is 38.3 Å². The lowest BCUT2D eigenvalue weighted by Crippen LogP contribution is -2.44. The molecule has 1 N–H and O–H groups in total. The van der Waals surface area contributed by atoms with E-state index in [1.165, 1.54) is 12.8 Å². The molecule has 0 radical (unpaired) electrons. The van der Waals surface area contributed by atoms with Crippen molar-refractivity contribution in [1.82, 2.24) is 5.32 Å². The van der Waals surface area contributed by atoms with Gasteiger partial charge in [-0.1, -0.05) is 0 Å². The molecule has 1 heterocycles. The summed E-state index contributed by atoms with van der Waals surface area (Å²) in [6.45, 7) is 0.879. The van der Waals surface area contributed by atoms with Gasteiger partial charge in [0.25, 0.3) is 0 Å². The molecule has 2 aliphatic rings. The van der Waals surface area contributed by atoms with E-state index < -0.39 is 0 Å². The molecule has 3 heteroatoms. The smallest absolute Gasteiger partial charge is 0.220 e. The molecule has 2 fully saturated rings. The van der Waals surface area contributed by atoms with Crippen molar-refractivity contribution in [2.75, 3.05) is 13.7 Å². The Morgan fingerprint density at radius 1 is 1.43 bits per heavy atom. The van der Waals surface area contributed by atoms with Crippen LogP contribution < -0.4 is 5.32 Å². The lowest BCUT2D eigenvalue weighted by Gasteiger charge is -2.36. The van der Waals surface area contributed by atoms with Crippen LogP contribution in [0.1, 0.15) is 38.5 Å². The Kier molecular flexibility index (Phi) is 2.77. The molecule has 0 aromatic carbocycles. The molecule has 1 aliphatic heterocycles. The zero-order valence-corrected chi connectivity index (χ0v) is 8.84. The Morgan fingerprint density at radius 2 is 2.14 bits per heavy atom. The Balaban J connectivity index is 1.86. The first-order valence-electron chi connectivity index (χ1n) is 5.54. The maximum Gasteiger partial charge on any atom is 0.220 e. The van der Waals surface area contributed by atoms with E-state index >= 15 is 0 Å². The maximum absolute atomic E-state index is 11.2. The van der Waals surface area contributed by atoms with Crippen molar-refractivity contribution in [2.24, 2.45) is 5.92 Å². The summed E-state index contributed by atoms with van der Waals surface area (Å²) in [5.74, 6) is 0.957. The van der Waals surface area contributed by atoms with Crippen LogP contribution in [0.4, 0.5) is 0 Å². The molecule has 80 valence electrons. The average molecular weight is 197 g/mol. The van der Waals surface area contributed by atoms with Crippen LogP contribution in [0.2, 0.25) is 0 Å². The highest BCUT2D eigenvalue weighted by Gasteiger charge is 2.40. The molecule has 0 bridgehead atoms. The quantitative estimate of drug-likeness (QED) is 0.728. The van der Waals surface area contributed by atoms with E-state index in [4.69, 9.17) is 4.74 Å². The van der Waals surface area contributed by atoms with Crippen molar-refractivity contribution < 1.29 is 9.53 Å². The molecule has 0 atom stereocenters. The standard InChI is InChI=1S/C11H19NO2/c1-14-8-9-2-5-11(6-3-9)7-4-10(13)12-11/h9H,2-8H2,1H3,(H,12,13). The highest BCUT2D eigenvalue weighted by atomic mass is 16.5. The maximum atomic E-state index is 11.2. The van der Waals surface area contributed by atoms with Crippen molar-refractivity contribution in [3.63, 3.8) is 0 Å². The van der Waals surface area contributed by atoms with E-state index in [9.17, 15) is 4.79 Å². The summed E-state index contributed by atoms with van der Waals surface area (Å²) in [5.41, 5.74) is 0.168. The predicted octanol–water partition coefficient (Wildman–Crippen LogP) is 1.47. The third kappa shape index (κ3) is 1.92. The van der Waals surface area contributed by atoms with Gasteiger partial charge in [-0.25, -0.2) is 0 Å². The highest BCUT2D eigenvalue weighted by Crippen LogP contribution is 2.37. The molecule has 2 rings (SSSR count). The van der Waals surface area contributed by atoms with E-state index in [1.54, 1.807) is 7.11 Å². The van der Waals surface area contributed by atoms with Crippen molar-refractivity contribution in [3.8, 4) is 0 Å². The molecule has 0 unspecified atom stereocenters. The van der Waals surface area contributed by atoms with Gasteiger partial charge in [-0.3, -0.25) is 4.79 Å². The van der Waals surface area contributed by atoms with Gasteiger partial charge < -0.3 is 10.1 Å². The molecule has 1 amide bonds. The first-order valence-corrected chi connectivity index (χ1v) is 5.54. The van der Waals surface area contributed by atoms with Crippen LogP contribution in [0.5, 0.6) is 0 Å². The van der Waals surface area contributed by atoms with Gasteiger partial charge in [0, 0.05) is 25.7 Å². The van der Waals surface area contributed by atoms with Gasteiger partial charge in [0.1, 0.15) is 0 Å². The highest BCUT2D eigenvalue weighted by molar-refractivity contribution is 5.79. The van der Waals surface area contributed by atoms with Gasteiger partial charge in [0.05, 0.1) is 0 Å². The van der Waals surface area contributed by atoms with E-state index in [0.29, 0.717) is 5.92 Å². The number of rotatable bonds is 2. The molecule has 0 aromatic heterocycles. The third-order valence-electron chi connectivity index (χ3n) is 3.70. The van der Waals surface area contributed by atoms with E-state index in [1.807, 2.05) is 0 Å². The number of carbonyl (C=O) groups excluding carboxylic acids is 1. The summed E-state index contributed by atoms with van der Waals surface area (Å²) in [4.78, 5) is 11.2. The number of nitrogens with one attached hydrogen (secondary N) is 1. The summed E-state index contributed by atoms with van der Waals surface area (Å²) in [6.07, 6.45) is 6.47. The van der Waals surface area contributed by atoms with Crippen LogP contribution >= 0.6 is 0 Å². The fraction of sp³-hybridized carbons (Fsp3) is 0.909. The van der Waals surface area contributed by atoms with Crippen LogP contribution in [0.15, 0.2) is 0 Å². The summed E-state index contributed by atoms with van der Waals surface area (Å²) in [5, 5.41) is 3.15. The van der Waals surface area contributed by atoms with Crippen molar-refractivity contribution in [2.45, 2.75) is 44.1 Å². The molecular weight excluding hydrogens is 178 g/mol. The Morgan fingerprint density at radius 3 is 2.64 bits per heavy atom. The van der Waals surface area contributed by atoms with Crippen LogP contribution in [0.25, 0.3) is 0 Å². The number of carbonyl (C=O) groups is 1. The second-order valence-electron chi connectivity index (χ2n) is 4.73. The van der Waals surface area contributed by atoms with Crippen LogP contribution in [0.3, 0.4) is 0 Å². The van der Waals surface area contributed by atoms with Gasteiger partial charge >= 0.3 is 0 Å². The zero-order valence-electron chi connectivity index (χ0n) is 8.84. The molecule has 14 heavy (non-hydrogen) atoms. The largest absolute Gasteiger partial charge is 0.384 e. The number of methoxy groups -OCH3 is 1. The van der Waals surface area contributed by atoms with Gasteiger partial charge in [0.2, 0.25) is 5.91 Å². The van der Waals surface area contributed by atoms with Crippen LogP contribution in [-0.2, 0) is 9.53 Å². The van der Waals surface area contributed by atoms with Crippen molar-refractivity contribution >= 4 is 5.91 Å². The minimum absolute atomic E-state index is 0.168. The summed E-state index contributed by atoms with van der Waals surface area (Å²) in [7, 11) is 1.77. The van der Waals surface area contributed by atoms with Crippen LogP contribution in [0, 0.1) is 5.92 Å². The SMILES string of the molecule is COCC1CCC2(CCC(=O)N2)CC1. The van der Waals surface area contributed by atoms with E-state index in [2.05, 4.69) is 5.32 Å². The van der Waals surface area contributed by atoms with Gasteiger partial charge in [-0.2, -0.15) is 0 Å². The van der Waals surface area contributed by atoms with Crippen LogP contribution in [-0.4, -0.2) is 25.2 Å². The third-order valence-corrected chi connectivity index (χ3v) is 3.70. The van der Waals surface area contributed by atoms with Crippen molar-refractivity contribution in [1.29, 1.82) is 0 Å². The lowest BCUT2D eigenvalue weighted by atomic mass is 9.76. The summed E-state index contributed by atoms with van der Waals surface area (Å²) < 4.78 is 5.17. The second-order valence-corrected chi connectivity index (χ2v) is 4.73. The number of amides is 1. The van der Waals surface area contributed by atoms with Crippen molar-refractivity contribution in [3.05, 3.63) is 0 Å².